The fourth-order valence-electron chi connectivity index (χ4n) is 3.13. The van der Waals surface area contributed by atoms with E-state index in [-0.39, 0.29) is 27.7 Å². The van der Waals surface area contributed by atoms with Crippen molar-refractivity contribution in [2.75, 3.05) is 4.72 Å². The molecule has 0 bridgehead atoms. The van der Waals surface area contributed by atoms with Crippen LogP contribution in [0.3, 0.4) is 0 Å². The van der Waals surface area contributed by atoms with Crippen LogP contribution in [0.2, 0.25) is 10.0 Å². The number of anilines is 1. The van der Waals surface area contributed by atoms with Gasteiger partial charge in [0.25, 0.3) is 15.6 Å². The average Bonchev–Trinajstić information content (AvgIpc) is 3.02. The van der Waals surface area contributed by atoms with Gasteiger partial charge in [-0.15, -0.1) is 0 Å². The first-order chi connectivity index (χ1) is 15.0. The minimum absolute atomic E-state index is 0.000880. The molecule has 0 amide bonds. The predicted octanol–water partition coefficient (Wildman–Crippen LogP) is 4.90. The van der Waals surface area contributed by atoms with E-state index < -0.39 is 37.9 Å². The van der Waals surface area contributed by atoms with E-state index in [4.69, 9.17) is 23.2 Å². The largest absolute Gasteiger partial charge is 0.280 e. The van der Waals surface area contributed by atoms with Gasteiger partial charge < -0.3 is 0 Å². The summed E-state index contributed by atoms with van der Waals surface area (Å²) < 4.78 is 69.5. The number of nitrogens with one attached hydrogen (secondary N) is 2. The summed E-state index contributed by atoms with van der Waals surface area (Å²) in [5.41, 5.74) is 0.253. The molecule has 0 unspecified atom stereocenters. The van der Waals surface area contributed by atoms with Crippen LogP contribution >= 0.6 is 23.2 Å². The van der Waals surface area contributed by atoms with Crippen molar-refractivity contribution in [2.45, 2.75) is 11.4 Å². The van der Waals surface area contributed by atoms with E-state index in [1.54, 1.807) is 0 Å². The van der Waals surface area contributed by atoms with Crippen LogP contribution in [0.25, 0.3) is 10.9 Å². The first-order valence-corrected chi connectivity index (χ1v) is 11.1. The molecule has 0 atom stereocenters. The van der Waals surface area contributed by atoms with E-state index in [1.807, 2.05) is 0 Å². The number of hydrogen-bond donors (Lipinski definition) is 2. The molecule has 1 heterocycles. The fraction of sp³-hybridized carbons (Fsp3) is 0.0500. The second-order valence-corrected chi connectivity index (χ2v) is 9.27. The molecule has 3 aromatic carbocycles. The van der Waals surface area contributed by atoms with Crippen molar-refractivity contribution in [2.24, 2.45) is 0 Å². The quantitative estimate of drug-likeness (QED) is 0.381. The number of fused-ring (bicyclic) bond motifs is 1. The van der Waals surface area contributed by atoms with E-state index >= 15 is 0 Å². The van der Waals surface area contributed by atoms with Gasteiger partial charge in [-0.2, -0.15) is 0 Å². The Kier molecular flexibility index (Phi) is 5.70. The van der Waals surface area contributed by atoms with Crippen LogP contribution in [0.5, 0.6) is 0 Å². The number of aromatic nitrogens is 2. The fourth-order valence-corrected chi connectivity index (χ4v) is 4.64. The Hall–Kier alpha value is -2.95. The van der Waals surface area contributed by atoms with E-state index in [0.717, 1.165) is 24.3 Å². The van der Waals surface area contributed by atoms with Gasteiger partial charge in [-0.25, -0.2) is 21.6 Å². The summed E-state index contributed by atoms with van der Waals surface area (Å²) in [4.78, 5) is 11.6. The lowest BCUT2D eigenvalue weighted by atomic mass is 10.2. The Bertz CT molecular complexity index is 1530. The highest BCUT2D eigenvalue weighted by Gasteiger charge is 2.22. The molecule has 0 aliphatic heterocycles. The molecular weight excluding hydrogens is 490 g/mol. The summed E-state index contributed by atoms with van der Waals surface area (Å²) in [6.07, 6.45) is 0. The Morgan fingerprint density at radius 2 is 1.62 bits per heavy atom. The Morgan fingerprint density at radius 3 is 2.34 bits per heavy atom. The highest BCUT2D eigenvalue weighted by atomic mass is 35.5. The zero-order valence-electron chi connectivity index (χ0n) is 15.8. The Morgan fingerprint density at radius 1 is 0.906 bits per heavy atom. The van der Waals surface area contributed by atoms with Crippen LogP contribution < -0.4 is 10.3 Å². The summed E-state index contributed by atoms with van der Waals surface area (Å²) in [6, 6.07) is 9.10. The van der Waals surface area contributed by atoms with Crippen LogP contribution in [0.15, 0.2) is 58.2 Å². The van der Waals surface area contributed by atoms with Crippen LogP contribution in [0.1, 0.15) is 5.56 Å². The third-order valence-corrected chi connectivity index (χ3v) is 6.73. The van der Waals surface area contributed by atoms with Crippen LogP contribution in [-0.2, 0) is 16.6 Å². The molecule has 0 saturated heterocycles. The molecule has 0 spiro atoms. The smallest absolute Gasteiger partial charge is 0.272 e. The predicted molar refractivity (Wildman–Crippen MR) is 115 cm³/mol. The molecule has 6 nitrogen and oxygen atoms in total. The summed E-state index contributed by atoms with van der Waals surface area (Å²) >= 11 is 11.5. The number of benzene rings is 3. The maximum atomic E-state index is 14.1. The number of nitrogens with zero attached hydrogens (tertiary/aromatic N) is 1. The second kappa shape index (κ2) is 8.19. The maximum absolute atomic E-state index is 14.1. The van der Waals surface area contributed by atoms with Crippen molar-refractivity contribution >= 4 is 49.8 Å². The second-order valence-electron chi connectivity index (χ2n) is 6.81. The third-order valence-electron chi connectivity index (χ3n) is 4.61. The zero-order chi connectivity index (χ0) is 23.2. The highest BCUT2D eigenvalue weighted by molar-refractivity contribution is 7.92. The van der Waals surface area contributed by atoms with Crippen molar-refractivity contribution in [1.29, 1.82) is 0 Å². The highest BCUT2D eigenvalue weighted by Crippen LogP contribution is 2.29. The monoisotopic (exact) mass is 501 g/mol. The summed E-state index contributed by atoms with van der Waals surface area (Å²) in [5.74, 6) is -3.11. The molecule has 0 aliphatic carbocycles. The van der Waals surface area contributed by atoms with Crippen LogP contribution in [-0.4, -0.2) is 18.2 Å². The van der Waals surface area contributed by atoms with Crippen molar-refractivity contribution in [3.05, 3.63) is 91.9 Å². The van der Waals surface area contributed by atoms with Gasteiger partial charge in [-0.3, -0.25) is 19.3 Å². The van der Waals surface area contributed by atoms with Crippen molar-refractivity contribution < 1.29 is 21.6 Å². The molecule has 0 aliphatic rings. The summed E-state index contributed by atoms with van der Waals surface area (Å²) in [5, 5.41) is 2.40. The minimum Gasteiger partial charge on any atom is -0.280 e. The topological polar surface area (TPSA) is 84.0 Å². The Balaban J connectivity index is 1.67. The number of halogens is 5. The van der Waals surface area contributed by atoms with Crippen molar-refractivity contribution in [3.63, 3.8) is 0 Å². The van der Waals surface area contributed by atoms with Crippen LogP contribution in [0, 0.1) is 17.5 Å². The summed E-state index contributed by atoms with van der Waals surface area (Å²) in [6.45, 7) is 0.0372. The third kappa shape index (κ3) is 4.21. The Labute approximate surface area is 189 Å². The normalized spacial score (nSPS) is 11.8. The van der Waals surface area contributed by atoms with Gasteiger partial charge in [-0.1, -0.05) is 29.3 Å². The van der Waals surface area contributed by atoms with Gasteiger partial charge in [0.1, 0.15) is 10.7 Å². The molecule has 0 radical (unpaired) electrons. The van der Waals surface area contributed by atoms with E-state index in [0.29, 0.717) is 11.1 Å². The van der Waals surface area contributed by atoms with Crippen molar-refractivity contribution in [3.8, 4) is 0 Å². The molecule has 12 heteroatoms. The van der Waals surface area contributed by atoms with Gasteiger partial charge in [0, 0.05) is 5.69 Å². The number of hydrogen-bond acceptors (Lipinski definition) is 3. The molecule has 1 aromatic heterocycles. The lowest BCUT2D eigenvalue weighted by Gasteiger charge is -2.10. The molecule has 4 rings (SSSR count). The van der Waals surface area contributed by atoms with Gasteiger partial charge >= 0.3 is 0 Å². The van der Waals surface area contributed by atoms with Crippen molar-refractivity contribution in [1.82, 2.24) is 9.78 Å². The standard InChI is InChI=1S/C20H12Cl2F3N3O3S/c21-13-7-17(25)19(8-14(13)22)32(30,31)27-11-2-4-18-12(6-11)20(29)26-28(18)9-10-1-3-15(23)16(24)5-10/h1-8,27H,9H2,(H,26,29). The average molecular weight is 502 g/mol. The van der Waals surface area contributed by atoms with Crippen LogP contribution in [0.4, 0.5) is 18.9 Å². The number of sulfonamides is 1. The lowest BCUT2D eigenvalue weighted by molar-refractivity contribution is 0.506. The number of rotatable bonds is 5. The van der Waals surface area contributed by atoms with Gasteiger partial charge in [-0.05, 0) is 48.0 Å². The van der Waals surface area contributed by atoms with E-state index in [1.165, 1.54) is 28.9 Å². The number of aromatic amines is 1. The molecular formula is C20H12Cl2F3N3O3S. The zero-order valence-corrected chi connectivity index (χ0v) is 18.1. The molecule has 32 heavy (non-hydrogen) atoms. The number of H-pyrrole nitrogens is 1. The first-order valence-electron chi connectivity index (χ1n) is 8.89. The molecule has 166 valence electrons. The molecule has 2 N–H and O–H groups in total. The minimum atomic E-state index is -4.38. The molecule has 0 fully saturated rings. The van der Waals surface area contributed by atoms with Gasteiger partial charge in [0.2, 0.25) is 0 Å². The maximum Gasteiger partial charge on any atom is 0.272 e. The SMILES string of the molecule is O=c1[nH]n(Cc2ccc(F)c(F)c2)c2ccc(NS(=O)(=O)c3cc(Cl)c(Cl)cc3F)cc12. The molecule has 4 aromatic rings. The van der Waals surface area contributed by atoms with Gasteiger partial charge in [0.05, 0.1) is 27.5 Å². The molecule has 0 saturated carbocycles. The summed E-state index contributed by atoms with van der Waals surface area (Å²) in [7, 11) is -4.38. The lowest BCUT2D eigenvalue weighted by Crippen LogP contribution is -2.15. The van der Waals surface area contributed by atoms with Gasteiger partial charge in [0.15, 0.2) is 11.6 Å². The van der Waals surface area contributed by atoms with E-state index in [2.05, 4.69) is 9.82 Å². The van der Waals surface area contributed by atoms with E-state index in [9.17, 15) is 26.4 Å². The first kappa shape index (κ1) is 22.3.